The molecular formula is C29H37F3O. The van der Waals surface area contributed by atoms with Gasteiger partial charge in [0.25, 0.3) is 0 Å². The van der Waals surface area contributed by atoms with Crippen molar-refractivity contribution in [2.24, 2.45) is 17.8 Å². The van der Waals surface area contributed by atoms with Crippen LogP contribution in [0.3, 0.4) is 0 Å². The van der Waals surface area contributed by atoms with Gasteiger partial charge in [-0.2, -0.15) is 0 Å². The van der Waals surface area contributed by atoms with Gasteiger partial charge in [0.2, 0.25) is 0 Å². The zero-order chi connectivity index (χ0) is 23.4. The standard InChI is InChI=1S/C29H37F3O/c1-3-19-4-11-22(12-5-19)25-16-14-23(28(31)29(25)32)13-8-20-6-9-21(10-7-20)24-15-17-27(33-2)26(30)18-24/h11,14-16,18-21,27H,3-10,12-13,17H2,1-2H3/t19?,20?,21?,27-/m0/s1. The summed E-state index contributed by atoms with van der Waals surface area (Å²) in [5.74, 6) is 0.0645. The third-order valence-electron chi connectivity index (χ3n) is 8.21. The van der Waals surface area contributed by atoms with Gasteiger partial charge in [-0.1, -0.05) is 37.6 Å². The summed E-state index contributed by atoms with van der Waals surface area (Å²) in [5, 5.41) is 0. The van der Waals surface area contributed by atoms with E-state index >= 15 is 0 Å². The van der Waals surface area contributed by atoms with E-state index in [4.69, 9.17) is 4.74 Å². The Hall–Kier alpha value is -1.81. The van der Waals surface area contributed by atoms with Crippen molar-refractivity contribution in [1.29, 1.82) is 0 Å². The van der Waals surface area contributed by atoms with Crippen LogP contribution in [0.2, 0.25) is 0 Å². The van der Waals surface area contributed by atoms with Crippen LogP contribution in [0.25, 0.3) is 5.57 Å². The molecule has 0 aliphatic heterocycles. The van der Waals surface area contributed by atoms with Crippen molar-refractivity contribution in [1.82, 2.24) is 0 Å². The van der Waals surface area contributed by atoms with E-state index in [0.29, 0.717) is 41.7 Å². The van der Waals surface area contributed by atoms with Gasteiger partial charge in [-0.25, -0.2) is 13.2 Å². The first kappa shape index (κ1) is 24.3. The molecule has 0 amide bonds. The third-order valence-corrected chi connectivity index (χ3v) is 8.21. The van der Waals surface area contributed by atoms with Crippen molar-refractivity contribution in [3.63, 3.8) is 0 Å². The lowest BCUT2D eigenvalue weighted by Gasteiger charge is -2.31. The van der Waals surface area contributed by atoms with Gasteiger partial charge in [-0.15, -0.1) is 0 Å². The Labute approximate surface area is 196 Å². The second kappa shape index (κ2) is 11.1. The maximum Gasteiger partial charge on any atom is 0.166 e. The Morgan fingerprint density at radius 1 is 0.909 bits per heavy atom. The quantitative estimate of drug-likeness (QED) is 0.398. The van der Waals surface area contributed by atoms with Gasteiger partial charge in [0.15, 0.2) is 11.6 Å². The molecule has 3 aliphatic carbocycles. The number of hydrogen-bond acceptors (Lipinski definition) is 1. The Morgan fingerprint density at radius 3 is 2.33 bits per heavy atom. The fourth-order valence-electron chi connectivity index (χ4n) is 5.84. The molecule has 1 unspecified atom stereocenters. The normalized spacial score (nSPS) is 28.2. The zero-order valence-corrected chi connectivity index (χ0v) is 20.0. The zero-order valence-electron chi connectivity index (χ0n) is 20.0. The first-order chi connectivity index (χ1) is 16.0. The molecule has 0 bridgehead atoms. The Kier molecular flexibility index (Phi) is 8.16. The van der Waals surface area contributed by atoms with Crippen LogP contribution in [0, 0.1) is 29.4 Å². The van der Waals surface area contributed by atoms with Gasteiger partial charge >= 0.3 is 0 Å². The summed E-state index contributed by atoms with van der Waals surface area (Å²) in [6, 6.07) is 3.57. The number of allylic oxidation sites excluding steroid dienone is 4. The second-order valence-corrected chi connectivity index (χ2v) is 10.1. The summed E-state index contributed by atoms with van der Waals surface area (Å²) in [6.45, 7) is 2.19. The Balaban J connectivity index is 1.30. The summed E-state index contributed by atoms with van der Waals surface area (Å²) in [6.07, 6.45) is 15.6. The van der Waals surface area contributed by atoms with Gasteiger partial charge < -0.3 is 4.74 Å². The Bertz CT molecular complexity index is 921. The maximum atomic E-state index is 14.9. The predicted molar refractivity (Wildman–Crippen MR) is 128 cm³/mol. The molecule has 4 rings (SSSR count). The van der Waals surface area contributed by atoms with Crippen LogP contribution >= 0.6 is 0 Å². The molecule has 1 fully saturated rings. The van der Waals surface area contributed by atoms with E-state index in [1.54, 1.807) is 25.3 Å². The van der Waals surface area contributed by atoms with Gasteiger partial charge in [0.1, 0.15) is 11.9 Å². The molecule has 1 saturated carbocycles. The van der Waals surface area contributed by atoms with E-state index in [9.17, 15) is 13.2 Å². The fourth-order valence-corrected chi connectivity index (χ4v) is 5.84. The van der Waals surface area contributed by atoms with Gasteiger partial charge in [-0.3, -0.25) is 0 Å². The summed E-state index contributed by atoms with van der Waals surface area (Å²) >= 11 is 0. The number of benzene rings is 1. The molecule has 0 N–H and O–H groups in total. The fraction of sp³-hybridized carbons (Fsp3) is 0.586. The van der Waals surface area contributed by atoms with Crippen LogP contribution in [0.15, 0.2) is 41.8 Å². The molecule has 0 aromatic heterocycles. The first-order valence-corrected chi connectivity index (χ1v) is 12.8. The molecule has 180 valence electrons. The molecule has 33 heavy (non-hydrogen) atoms. The summed E-state index contributed by atoms with van der Waals surface area (Å²) < 4.78 is 49.0. The number of ether oxygens (including phenoxy) is 1. The van der Waals surface area contributed by atoms with Crippen LogP contribution in [0.1, 0.15) is 82.3 Å². The van der Waals surface area contributed by atoms with Crippen LogP contribution in [0.5, 0.6) is 0 Å². The smallest absolute Gasteiger partial charge is 0.166 e. The number of methoxy groups -OCH3 is 1. The largest absolute Gasteiger partial charge is 0.374 e. The second-order valence-electron chi connectivity index (χ2n) is 10.1. The number of rotatable bonds is 7. The molecule has 4 heteroatoms. The van der Waals surface area contributed by atoms with E-state index < -0.39 is 17.7 Å². The van der Waals surface area contributed by atoms with Gasteiger partial charge in [0.05, 0.1) is 0 Å². The molecule has 2 atom stereocenters. The lowest BCUT2D eigenvalue weighted by atomic mass is 9.75. The molecule has 0 spiro atoms. The highest BCUT2D eigenvalue weighted by molar-refractivity contribution is 5.67. The monoisotopic (exact) mass is 458 g/mol. The van der Waals surface area contributed by atoms with Crippen molar-refractivity contribution in [3.05, 3.63) is 64.5 Å². The van der Waals surface area contributed by atoms with Crippen LogP contribution in [-0.4, -0.2) is 13.2 Å². The van der Waals surface area contributed by atoms with Crippen LogP contribution in [-0.2, 0) is 11.2 Å². The molecule has 0 radical (unpaired) electrons. The number of halogens is 3. The van der Waals surface area contributed by atoms with Crippen LogP contribution < -0.4 is 0 Å². The number of aryl methyl sites for hydroxylation is 1. The molecule has 0 saturated heterocycles. The highest BCUT2D eigenvalue weighted by atomic mass is 19.2. The van der Waals surface area contributed by atoms with E-state index in [-0.39, 0.29) is 5.83 Å². The average Bonchev–Trinajstić information content (AvgIpc) is 2.85. The highest BCUT2D eigenvalue weighted by Crippen LogP contribution is 2.39. The highest BCUT2D eigenvalue weighted by Gasteiger charge is 2.27. The van der Waals surface area contributed by atoms with Crippen molar-refractivity contribution in [2.45, 2.75) is 83.7 Å². The molecule has 1 nitrogen and oxygen atoms in total. The lowest BCUT2D eigenvalue weighted by molar-refractivity contribution is 0.112. The minimum absolute atomic E-state index is 0.174. The summed E-state index contributed by atoms with van der Waals surface area (Å²) in [7, 11) is 1.54. The van der Waals surface area contributed by atoms with Crippen molar-refractivity contribution < 1.29 is 17.9 Å². The lowest BCUT2D eigenvalue weighted by Crippen LogP contribution is -2.20. The van der Waals surface area contributed by atoms with Crippen molar-refractivity contribution >= 4 is 5.57 Å². The Morgan fingerprint density at radius 2 is 1.70 bits per heavy atom. The van der Waals surface area contributed by atoms with Crippen molar-refractivity contribution in [2.75, 3.05) is 7.11 Å². The van der Waals surface area contributed by atoms with Crippen molar-refractivity contribution in [3.8, 4) is 0 Å². The molecule has 1 aromatic rings. The third kappa shape index (κ3) is 5.65. The predicted octanol–water partition coefficient (Wildman–Crippen LogP) is 8.50. The molecule has 0 heterocycles. The molecular weight excluding hydrogens is 421 g/mol. The first-order valence-electron chi connectivity index (χ1n) is 12.8. The SMILES string of the molecule is CCC1CC=C(c2ccc(CCC3CCC(C4=CC[C@H](OC)C(F)=C4)CC3)c(F)c2F)CC1. The maximum absolute atomic E-state index is 14.9. The van der Waals surface area contributed by atoms with Gasteiger partial charge in [0, 0.05) is 12.7 Å². The van der Waals surface area contributed by atoms with E-state index in [1.165, 1.54) is 0 Å². The summed E-state index contributed by atoms with van der Waals surface area (Å²) in [4.78, 5) is 0. The van der Waals surface area contributed by atoms with Crippen LogP contribution in [0.4, 0.5) is 13.2 Å². The van der Waals surface area contributed by atoms with Gasteiger partial charge in [-0.05, 0) is 105 Å². The minimum Gasteiger partial charge on any atom is -0.374 e. The van der Waals surface area contributed by atoms with E-state index in [1.807, 2.05) is 0 Å². The molecule has 3 aliphatic rings. The average molecular weight is 459 g/mol. The van der Waals surface area contributed by atoms with E-state index in [0.717, 1.165) is 68.9 Å². The topological polar surface area (TPSA) is 9.23 Å². The van der Waals surface area contributed by atoms with E-state index in [2.05, 4.69) is 19.1 Å². The minimum atomic E-state index is -0.676. The number of hydrogen-bond donors (Lipinski definition) is 0. The molecule has 1 aromatic carbocycles. The summed E-state index contributed by atoms with van der Waals surface area (Å²) in [5.41, 5.74) is 3.00.